The molecule has 146 valence electrons. The average molecular weight is 381 g/mol. The Morgan fingerprint density at radius 3 is 2.11 bits per heavy atom. The molecule has 1 fully saturated rings. The van der Waals surface area contributed by atoms with Crippen molar-refractivity contribution >= 4 is 17.8 Å². The number of aliphatic carboxylic acids is 1. The molecule has 1 aliphatic rings. The van der Waals surface area contributed by atoms with Crippen LogP contribution in [0, 0.1) is 0 Å². The van der Waals surface area contributed by atoms with Crippen molar-refractivity contribution in [3.63, 3.8) is 0 Å². The number of hydrogen-bond donors (Lipinski definition) is 3. The first-order valence-electron chi connectivity index (χ1n) is 9.08. The summed E-state index contributed by atoms with van der Waals surface area (Å²) in [5.41, 5.74) is 1.89. The number of amides is 2. The maximum atomic E-state index is 13.0. The van der Waals surface area contributed by atoms with Crippen LogP contribution < -0.4 is 10.6 Å². The second kappa shape index (κ2) is 8.67. The van der Waals surface area contributed by atoms with Gasteiger partial charge in [0.25, 0.3) is 0 Å². The van der Waals surface area contributed by atoms with Gasteiger partial charge in [-0.1, -0.05) is 60.7 Å². The van der Waals surface area contributed by atoms with Gasteiger partial charge in [-0.3, -0.25) is 19.7 Å². The largest absolute Gasteiger partial charge is 0.480 e. The van der Waals surface area contributed by atoms with Gasteiger partial charge in [-0.2, -0.15) is 0 Å². The monoisotopic (exact) mass is 381 g/mol. The molecule has 0 spiro atoms. The first-order valence-corrected chi connectivity index (χ1v) is 9.08. The number of carboxylic acid groups (broad SMARTS) is 1. The van der Waals surface area contributed by atoms with Crippen LogP contribution in [0.25, 0.3) is 0 Å². The Morgan fingerprint density at radius 2 is 1.57 bits per heavy atom. The number of nitrogens with zero attached hydrogens (tertiary/aromatic N) is 1. The second-order valence-electron chi connectivity index (χ2n) is 6.89. The Balaban J connectivity index is 1.70. The summed E-state index contributed by atoms with van der Waals surface area (Å²) in [6.45, 7) is 0.417. The van der Waals surface area contributed by atoms with Crippen LogP contribution in [0.4, 0.5) is 0 Å². The van der Waals surface area contributed by atoms with Crippen molar-refractivity contribution in [2.75, 3.05) is 7.05 Å². The molecule has 3 N–H and O–H groups in total. The number of benzene rings is 2. The Labute approximate surface area is 163 Å². The number of carbonyl (C=O) groups is 3. The van der Waals surface area contributed by atoms with E-state index in [9.17, 15) is 14.4 Å². The molecular weight excluding hydrogens is 358 g/mol. The Hall–Kier alpha value is -3.19. The third-order valence-corrected chi connectivity index (χ3v) is 4.67. The fourth-order valence-electron chi connectivity index (χ4n) is 3.09. The van der Waals surface area contributed by atoms with E-state index in [1.165, 1.54) is 0 Å². The average Bonchev–Trinajstić information content (AvgIpc) is 3.50. The highest BCUT2D eigenvalue weighted by molar-refractivity contribution is 5.97. The van der Waals surface area contributed by atoms with Crippen molar-refractivity contribution in [2.45, 2.75) is 31.1 Å². The van der Waals surface area contributed by atoms with Crippen molar-refractivity contribution in [2.24, 2.45) is 0 Å². The molecule has 7 heteroatoms. The van der Waals surface area contributed by atoms with Crippen LogP contribution >= 0.6 is 0 Å². The minimum absolute atomic E-state index is 0.228. The van der Waals surface area contributed by atoms with E-state index in [1.807, 2.05) is 60.7 Å². The third kappa shape index (κ3) is 4.95. The molecule has 0 bridgehead atoms. The summed E-state index contributed by atoms with van der Waals surface area (Å²) in [6, 6.07) is 16.5. The first kappa shape index (κ1) is 19.6. The molecule has 0 saturated carbocycles. The summed E-state index contributed by atoms with van der Waals surface area (Å²) in [6.07, 6.45) is 0.328. The molecule has 28 heavy (non-hydrogen) atoms. The van der Waals surface area contributed by atoms with E-state index in [2.05, 4.69) is 10.6 Å². The number of carboxylic acids is 1. The normalized spacial score (nSPS) is 18.8. The first-order chi connectivity index (χ1) is 13.5. The van der Waals surface area contributed by atoms with Crippen LogP contribution in [0.5, 0.6) is 0 Å². The predicted octanol–water partition coefficient (Wildman–Crippen LogP) is 0.798. The molecule has 1 aliphatic heterocycles. The molecule has 0 radical (unpaired) electrons. The topological polar surface area (TPSA) is 109 Å². The van der Waals surface area contributed by atoms with Crippen molar-refractivity contribution in [3.05, 3.63) is 71.8 Å². The highest BCUT2D eigenvalue weighted by Crippen LogP contribution is 2.13. The summed E-state index contributed by atoms with van der Waals surface area (Å²) < 4.78 is 0. The van der Waals surface area contributed by atoms with Crippen molar-refractivity contribution in [3.8, 4) is 0 Å². The molecule has 2 aromatic rings. The van der Waals surface area contributed by atoms with Gasteiger partial charge in [0.05, 0.1) is 0 Å². The Bertz CT molecular complexity index is 841. The molecule has 0 unspecified atom stereocenters. The number of nitrogens with one attached hydrogen (secondary N) is 2. The molecular formula is C21H23N3O4. The van der Waals surface area contributed by atoms with Gasteiger partial charge in [0.15, 0.2) is 0 Å². The summed E-state index contributed by atoms with van der Waals surface area (Å²) >= 11 is 0. The molecule has 1 saturated heterocycles. The van der Waals surface area contributed by atoms with E-state index in [0.29, 0.717) is 13.0 Å². The minimum atomic E-state index is -1.08. The van der Waals surface area contributed by atoms with Crippen molar-refractivity contribution in [1.82, 2.24) is 15.5 Å². The third-order valence-electron chi connectivity index (χ3n) is 4.67. The summed E-state index contributed by atoms with van der Waals surface area (Å²) in [7, 11) is 1.69. The van der Waals surface area contributed by atoms with Crippen LogP contribution in [0.15, 0.2) is 60.7 Å². The molecule has 7 nitrogen and oxygen atoms in total. The van der Waals surface area contributed by atoms with Crippen molar-refractivity contribution < 1.29 is 19.5 Å². The van der Waals surface area contributed by atoms with Gasteiger partial charge >= 0.3 is 5.97 Å². The van der Waals surface area contributed by atoms with Gasteiger partial charge in [-0.25, -0.2) is 0 Å². The van der Waals surface area contributed by atoms with E-state index in [-0.39, 0.29) is 5.91 Å². The van der Waals surface area contributed by atoms with E-state index >= 15 is 0 Å². The van der Waals surface area contributed by atoms with Gasteiger partial charge in [0.1, 0.15) is 18.1 Å². The lowest BCUT2D eigenvalue weighted by molar-refractivity contribution is -0.137. The van der Waals surface area contributed by atoms with Crippen LogP contribution in [-0.4, -0.2) is 53.0 Å². The van der Waals surface area contributed by atoms with Gasteiger partial charge in [-0.15, -0.1) is 0 Å². The number of likely N-dealkylation sites (N-methyl/N-ethyl adjacent to an activating group) is 1. The SMILES string of the molecule is CN(Cc1ccccc1)C(=O)[C@H](Cc1ccccc1)NC(=O)[C@H]1N[C@@H]1C(=O)O. The molecule has 2 amide bonds. The number of rotatable bonds is 8. The van der Waals surface area contributed by atoms with Crippen LogP contribution in [-0.2, 0) is 27.3 Å². The second-order valence-corrected chi connectivity index (χ2v) is 6.89. The maximum Gasteiger partial charge on any atom is 0.322 e. The lowest BCUT2D eigenvalue weighted by Crippen LogP contribution is -2.50. The fourth-order valence-corrected chi connectivity index (χ4v) is 3.09. The van der Waals surface area contributed by atoms with Gasteiger partial charge in [-0.05, 0) is 11.1 Å². The van der Waals surface area contributed by atoms with E-state index in [1.54, 1.807) is 11.9 Å². The number of hydrogen-bond acceptors (Lipinski definition) is 4. The lowest BCUT2D eigenvalue weighted by Gasteiger charge is -2.25. The van der Waals surface area contributed by atoms with Crippen LogP contribution in [0.2, 0.25) is 0 Å². The van der Waals surface area contributed by atoms with E-state index in [4.69, 9.17) is 5.11 Å². The van der Waals surface area contributed by atoms with E-state index in [0.717, 1.165) is 11.1 Å². The molecule has 1 heterocycles. The minimum Gasteiger partial charge on any atom is -0.480 e. The smallest absolute Gasteiger partial charge is 0.322 e. The molecule has 0 aliphatic carbocycles. The van der Waals surface area contributed by atoms with Gasteiger partial charge in [0, 0.05) is 20.0 Å². The zero-order valence-electron chi connectivity index (χ0n) is 15.5. The molecule has 0 aromatic heterocycles. The Kier molecular flexibility index (Phi) is 6.06. The highest BCUT2D eigenvalue weighted by Gasteiger charge is 2.48. The predicted molar refractivity (Wildman–Crippen MR) is 103 cm³/mol. The highest BCUT2D eigenvalue weighted by atomic mass is 16.4. The van der Waals surface area contributed by atoms with Crippen molar-refractivity contribution in [1.29, 1.82) is 0 Å². The van der Waals surface area contributed by atoms with Crippen LogP contribution in [0.3, 0.4) is 0 Å². The fraction of sp³-hybridized carbons (Fsp3) is 0.286. The van der Waals surface area contributed by atoms with Crippen LogP contribution in [0.1, 0.15) is 11.1 Å². The maximum absolute atomic E-state index is 13.0. The quantitative estimate of drug-likeness (QED) is 0.586. The van der Waals surface area contributed by atoms with Gasteiger partial charge < -0.3 is 15.3 Å². The van der Waals surface area contributed by atoms with Gasteiger partial charge in [0.2, 0.25) is 11.8 Å². The molecule has 2 aromatic carbocycles. The number of carbonyl (C=O) groups excluding carboxylic acids is 2. The molecule has 3 atom stereocenters. The summed E-state index contributed by atoms with van der Waals surface area (Å²) in [5.74, 6) is -1.78. The molecule has 3 rings (SSSR count). The summed E-state index contributed by atoms with van der Waals surface area (Å²) in [4.78, 5) is 38.0. The summed E-state index contributed by atoms with van der Waals surface area (Å²) in [5, 5.41) is 14.3. The lowest BCUT2D eigenvalue weighted by atomic mass is 10.0. The Morgan fingerprint density at radius 1 is 1.00 bits per heavy atom. The zero-order valence-corrected chi connectivity index (χ0v) is 15.5. The standard InChI is InChI=1S/C21H23N3O4/c1-24(13-15-10-6-3-7-11-15)20(26)16(12-14-8-4-2-5-9-14)22-19(25)17-18(23-17)21(27)28/h2-11,16-18,23H,12-13H2,1H3,(H,22,25)(H,27,28)/t16-,17-,18-/m0/s1. The zero-order chi connectivity index (χ0) is 20.1. The van der Waals surface area contributed by atoms with E-state index < -0.39 is 30.0 Å².